The van der Waals surface area contributed by atoms with E-state index in [0.29, 0.717) is 39.2 Å². The number of nitriles is 1. The Morgan fingerprint density at radius 1 is 1.09 bits per heavy atom. The van der Waals surface area contributed by atoms with Crippen molar-refractivity contribution in [3.63, 3.8) is 0 Å². The monoisotopic (exact) mass is 472 g/mol. The molecule has 1 unspecified atom stereocenters. The van der Waals surface area contributed by atoms with Gasteiger partial charge in [-0.15, -0.1) is 0 Å². The van der Waals surface area contributed by atoms with Gasteiger partial charge in [-0.2, -0.15) is 10.4 Å². The van der Waals surface area contributed by atoms with E-state index in [9.17, 15) is 5.26 Å². The Morgan fingerprint density at radius 3 is 2.56 bits per heavy atom. The lowest BCUT2D eigenvalue weighted by Crippen LogP contribution is -2.22. The van der Waals surface area contributed by atoms with E-state index in [-0.39, 0.29) is 11.5 Å². The highest BCUT2D eigenvalue weighted by molar-refractivity contribution is 6.30. The fourth-order valence-electron chi connectivity index (χ4n) is 4.48. The number of halogens is 1. The van der Waals surface area contributed by atoms with Gasteiger partial charge in [0.15, 0.2) is 11.5 Å². The van der Waals surface area contributed by atoms with Gasteiger partial charge >= 0.3 is 0 Å². The molecular formula is C26H21ClN4O3. The number of aromatic nitrogens is 2. The number of hydrogen-bond donors (Lipinski definition) is 1. The van der Waals surface area contributed by atoms with Gasteiger partial charge in [-0.3, -0.25) is 0 Å². The summed E-state index contributed by atoms with van der Waals surface area (Å²) in [6.07, 6.45) is 0. The van der Waals surface area contributed by atoms with Crippen molar-refractivity contribution >= 4 is 22.4 Å². The highest BCUT2D eigenvalue weighted by Crippen LogP contribution is 2.49. The van der Waals surface area contributed by atoms with Crippen molar-refractivity contribution in [1.29, 1.82) is 5.26 Å². The van der Waals surface area contributed by atoms with Crippen molar-refractivity contribution in [2.75, 3.05) is 14.2 Å². The van der Waals surface area contributed by atoms with E-state index >= 15 is 0 Å². The molecule has 1 atom stereocenters. The van der Waals surface area contributed by atoms with Crippen LogP contribution in [0.25, 0.3) is 16.5 Å². The minimum atomic E-state index is -0.606. The molecule has 2 N–H and O–H groups in total. The Morgan fingerprint density at radius 2 is 1.85 bits per heavy atom. The number of benzene rings is 3. The number of nitrogens with zero attached hydrogens (tertiary/aromatic N) is 3. The summed E-state index contributed by atoms with van der Waals surface area (Å²) >= 11 is 6.41. The van der Waals surface area contributed by atoms with E-state index in [1.165, 1.54) is 7.11 Å². The van der Waals surface area contributed by atoms with Crippen molar-refractivity contribution in [3.8, 4) is 29.1 Å². The predicted molar refractivity (Wildman–Crippen MR) is 130 cm³/mol. The molecule has 1 aromatic heterocycles. The van der Waals surface area contributed by atoms with Gasteiger partial charge in [0, 0.05) is 16.7 Å². The lowest BCUT2D eigenvalue weighted by Gasteiger charge is -2.26. The van der Waals surface area contributed by atoms with Crippen LogP contribution in [0.1, 0.15) is 22.7 Å². The third-order valence-electron chi connectivity index (χ3n) is 5.99. The molecule has 0 spiro atoms. The van der Waals surface area contributed by atoms with Crippen LogP contribution in [0.4, 0.5) is 0 Å². The maximum Gasteiger partial charge on any atom is 0.229 e. The number of fused-ring (bicyclic) bond motifs is 2. The Bertz CT molecular complexity index is 1520. The van der Waals surface area contributed by atoms with Gasteiger partial charge in [-0.05, 0) is 35.9 Å². The van der Waals surface area contributed by atoms with Gasteiger partial charge < -0.3 is 19.9 Å². The summed E-state index contributed by atoms with van der Waals surface area (Å²) in [5.41, 5.74) is 9.36. The second kappa shape index (κ2) is 8.32. The molecule has 3 aromatic carbocycles. The number of aryl methyl sites for hydroxylation is 1. The third kappa shape index (κ3) is 3.31. The van der Waals surface area contributed by atoms with Crippen LogP contribution in [0.3, 0.4) is 0 Å². The molecule has 0 fully saturated rings. The van der Waals surface area contributed by atoms with Crippen molar-refractivity contribution < 1.29 is 14.2 Å². The molecule has 1 aliphatic rings. The second-order valence-electron chi connectivity index (χ2n) is 7.90. The molecule has 4 aromatic rings. The molecule has 0 saturated carbocycles. The predicted octanol–water partition coefficient (Wildman–Crippen LogP) is 5.22. The molecule has 8 heteroatoms. The van der Waals surface area contributed by atoms with Crippen LogP contribution in [0, 0.1) is 18.3 Å². The minimum absolute atomic E-state index is 0.00272. The molecule has 0 radical (unpaired) electrons. The molecule has 5 rings (SSSR count). The maximum absolute atomic E-state index is 10.0. The van der Waals surface area contributed by atoms with E-state index in [1.54, 1.807) is 23.9 Å². The smallest absolute Gasteiger partial charge is 0.229 e. The number of hydrogen-bond acceptors (Lipinski definition) is 6. The van der Waals surface area contributed by atoms with Crippen molar-refractivity contribution in [2.45, 2.75) is 12.8 Å². The van der Waals surface area contributed by atoms with Crippen molar-refractivity contribution in [3.05, 3.63) is 87.9 Å². The zero-order chi connectivity index (χ0) is 24.0. The molecule has 0 bridgehead atoms. The van der Waals surface area contributed by atoms with Gasteiger partial charge in [0.25, 0.3) is 0 Å². The summed E-state index contributed by atoms with van der Waals surface area (Å²) in [7, 11) is 3.08. The van der Waals surface area contributed by atoms with Crippen LogP contribution in [0.5, 0.6) is 17.4 Å². The first-order valence-electron chi connectivity index (χ1n) is 10.5. The molecule has 0 saturated heterocycles. The van der Waals surface area contributed by atoms with Crippen LogP contribution in [0.15, 0.2) is 66.1 Å². The molecule has 0 aliphatic carbocycles. The van der Waals surface area contributed by atoms with Gasteiger partial charge in [0.2, 0.25) is 11.8 Å². The average Bonchev–Trinajstić information content (AvgIpc) is 3.17. The summed E-state index contributed by atoms with van der Waals surface area (Å²) in [5.74, 6) is 0.750. The van der Waals surface area contributed by atoms with E-state index in [1.807, 2.05) is 49.4 Å². The molecule has 7 nitrogen and oxygen atoms in total. The van der Waals surface area contributed by atoms with Gasteiger partial charge in [-0.1, -0.05) is 41.9 Å². The normalized spacial score (nSPS) is 15.0. The SMILES string of the molecule is COc1cc(Cl)cc(C2C(C#N)=C(N)Oc3c2c(C)nn3-c2ccc3ccccc3c2)c1OC. The fourth-order valence-corrected chi connectivity index (χ4v) is 4.70. The Balaban J connectivity index is 1.77. The van der Waals surface area contributed by atoms with Crippen LogP contribution >= 0.6 is 11.6 Å². The van der Waals surface area contributed by atoms with Crippen LogP contribution in [-0.2, 0) is 0 Å². The highest BCUT2D eigenvalue weighted by Gasteiger charge is 2.38. The molecule has 2 heterocycles. The van der Waals surface area contributed by atoms with Crippen LogP contribution in [0.2, 0.25) is 5.02 Å². The zero-order valence-corrected chi connectivity index (χ0v) is 19.6. The Hall–Kier alpha value is -4.15. The molecule has 0 amide bonds. The second-order valence-corrected chi connectivity index (χ2v) is 8.34. The highest BCUT2D eigenvalue weighted by atomic mass is 35.5. The van der Waals surface area contributed by atoms with Crippen molar-refractivity contribution in [1.82, 2.24) is 9.78 Å². The van der Waals surface area contributed by atoms with Gasteiger partial charge in [0.05, 0.1) is 37.1 Å². The number of ether oxygens (including phenoxy) is 3. The number of rotatable bonds is 4. The largest absolute Gasteiger partial charge is 0.493 e. The quantitative estimate of drug-likeness (QED) is 0.437. The molecule has 170 valence electrons. The third-order valence-corrected chi connectivity index (χ3v) is 6.21. The lowest BCUT2D eigenvalue weighted by atomic mass is 9.83. The average molecular weight is 473 g/mol. The van der Waals surface area contributed by atoms with Crippen molar-refractivity contribution in [2.24, 2.45) is 5.73 Å². The summed E-state index contributed by atoms with van der Waals surface area (Å²) < 4.78 is 18.9. The maximum atomic E-state index is 10.0. The van der Waals surface area contributed by atoms with Crippen LogP contribution < -0.4 is 19.9 Å². The summed E-state index contributed by atoms with van der Waals surface area (Å²) in [6, 6.07) is 19.7. The van der Waals surface area contributed by atoms with E-state index < -0.39 is 5.92 Å². The first-order chi connectivity index (χ1) is 16.5. The number of allylic oxidation sites excluding steroid dienone is 1. The Labute approximate surface area is 201 Å². The lowest BCUT2D eigenvalue weighted by molar-refractivity contribution is 0.346. The Kier molecular flexibility index (Phi) is 5.31. The van der Waals surface area contributed by atoms with E-state index in [2.05, 4.69) is 6.07 Å². The fraction of sp³-hybridized carbons (Fsp3) is 0.154. The summed E-state index contributed by atoms with van der Waals surface area (Å²) in [6.45, 7) is 1.87. The molecule has 34 heavy (non-hydrogen) atoms. The molecule has 1 aliphatic heterocycles. The van der Waals surface area contributed by atoms with E-state index in [0.717, 1.165) is 16.5 Å². The summed E-state index contributed by atoms with van der Waals surface area (Å²) in [5, 5.41) is 17.4. The van der Waals surface area contributed by atoms with Gasteiger partial charge in [0.1, 0.15) is 11.6 Å². The zero-order valence-electron chi connectivity index (χ0n) is 18.8. The first kappa shape index (κ1) is 21.7. The van der Waals surface area contributed by atoms with Gasteiger partial charge in [-0.25, -0.2) is 4.68 Å². The number of methoxy groups -OCH3 is 2. The summed E-state index contributed by atoms with van der Waals surface area (Å²) in [4.78, 5) is 0. The number of nitrogens with two attached hydrogens (primary N) is 1. The standard InChI is InChI=1S/C26H21ClN4O3/c1-14-22-23(19-11-17(27)12-21(32-2)24(19)33-3)20(13-28)25(29)34-26(22)31(30-14)18-9-8-15-6-4-5-7-16(15)10-18/h4-12,23H,29H2,1-3H3. The minimum Gasteiger partial charge on any atom is -0.493 e. The van der Waals surface area contributed by atoms with Crippen LogP contribution in [-0.4, -0.2) is 24.0 Å². The molecular weight excluding hydrogens is 452 g/mol. The van der Waals surface area contributed by atoms with E-state index in [4.69, 9.17) is 36.6 Å². The topological polar surface area (TPSA) is 95.3 Å². The first-order valence-corrected chi connectivity index (χ1v) is 10.9.